The highest BCUT2D eigenvalue weighted by Gasteiger charge is 2.46. The van der Waals surface area contributed by atoms with Crippen molar-refractivity contribution in [3.63, 3.8) is 0 Å². The number of ether oxygens (including phenoxy) is 7. The molecule has 105 heavy (non-hydrogen) atoms. The number of halogens is 25. The minimum atomic E-state index is -3.87. The molecule has 0 bridgehead atoms. The first-order chi connectivity index (χ1) is 49.3. The van der Waals surface area contributed by atoms with Crippen molar-refractivity contribution in [2.75, 3.05) is 52.9 Å². The molecule has 6 rings (SSSR count). The molecule has 0 heterocycles. The van der Waals surface area contributed by atoms with Crippen LogP contribution >= 0.6 is 0 Å². The van der Waals surface area contributed by atoms with Crippen molar-refractivity contribution in [2.24, 2.45) is 36.4 Å². The lowest BCUT2D eigenvalue weighted by Crippen LogP contribution is -2.47. The molecule has 6 aromatic rings. The Morgan fingerprint density at radius 1 is 0.219 bits per heavy atom. The van der Waals surface area contributed by atoms with Gasteiger partial charge in [0.15, 0.2) is 140 Å². The van der Waals surface area contributed by atoms with E-state index in [0.717, 1.165) is 0 Å². The standard InChI is InChI=1S/C52H16F25N15O13/c53-15-9(16(54)28(66)29(67)27(15)65)45(93)100-3-51(4-101-46(94)10-17(55)30(68)40(83-88-78)31(69)18(10)56,5-102-47(95)11-19(57)32(70)41(84-89-79)33(71)20(11)58)1-99-2-52(6-103-48(96)12-21(59)34(72)42(85-90-80)35(73)22(12)60,7-104-49(97)13-23(61)36(74)43(86-91-81)37(75)24(13)62)8-105-50(98)14-25(63)38(76)44(87-92-82)39(77)26(14)64/h1-8H2. The first-order valence-corrected chi connectivity index (χ1v) is 25.9. The largest absolute Gasteiger partial charge is 0.461 e. The predicted octanol–water partition coefficient (Wildman–Crippen LogP) is 16.3. The summed E-state index contributed by atoms with van der Waals surface area (Å²) in [6, 6.07) is 0. The van der Waals surface area contributed by atoms with Crippen LogP contribution in [-0.4, -0.2) is 88.7 Å². The Hall–Kier alpha value is -13.1. The summed E-state index contributed by atoms with van der Waals surface area (Å²) in [6.07, 6.45) is 0. The van der Waals surface area contributed by atoms with Gasteiger partial charge in [-0.25, -0.2) is 139 Å². The van der Waals surface area contributed by atoms with Crippen molar-refractivity contribution in [1.82, 2.24) is 0 Å². The van der Waals surface area contributed by atoms with Crippen LogP contribution in [-0.2, 0) is 33.2 Å². The van der Waals surface area contributed by atoms with Gasteiger partial charge in [-0.1, -0.05) is 25.6 Å². The third-order valence-corrected chi connectivity index (χ3v) is 13.2. The van der Waals surface area contributed by atoms with Crippen LogP contribution in [0, 0.1) is 156 Å². The molecule has 0 amide bonds. The lowest BCUT2D eigenvalue weighted by molar-refractivity contribution is -0.112. The molecule has 0 radical (unpaired) electrons. The average molecular weight is 1530 g/mol. The van der Waals surface area contributed by atoms with Gasteiger partial charge >= 0.3 is 35.8 Å². The summed E-state index contributed by atoms with van der Waals surface area (Å²) in [5.41, 5.74) is 8.26. The van der Waals surface area contributed by atoms with Crippen LogP contribution < -0.4 is 0 Å². The highest BCUT2D eigenvalue weighted by atomic mass is 19.2. The maximum atomic E-state index is 15.5. The number of esters is 6. The molecule has 0 spiro atoms. The van der Waals surface area contributed by atoms with Crippen LogP contribution in [0.3, 0.4) is 0 Å². The number of azide groups is 5. The van der Waals surface area contributed by atoms with E-state index in [1.807, 2.05) is 24.6 Å². The number of benzene rings is 6. The molecule has 0 aliphatic carbocycles. The second-order valence-electron chi connectivity index (χ2n) is 19.7. The van der Waals surface area contributed by atoms with Gasteiger partial charge in [0.05, 0.1) is 24.0 Å². The van der Waals surface area contributed by atoms with Crippen LogP contribution in [0.15, 0.2) is 25.6 Å². The Bertz CT molecular complexity index is 4490. The molecule has 28 nitrogen and oxygen atoms in total. The first-order valence-electron chi connectivity index (χ1n) is 25.9. The van der Waals surface area contributed by atoms with E-state index in [1.165, 1.54) is 0 Å². The summed E-state index contributed by atoms with van der Waals surface area (Å²) in [5.74, 6) is -91.1. The Labute approximate surface area is 555 Å². The SMILES string of the molecule is [N-]=[N+]=Nc1c(F)c(F)c(C(=O)OCC(COCC(COC(=O)c2c(F)c(F)c(N=[N+]=[N-])c(F)c2F)(COC(=O)c2c(F)c(F)c(N=[N+]=[N-])c(F)c2F)COC(=O)c2c(F)c(F)c(N=[N+]=[N-])c(F)c2F)(COC(=O)c2c(F)c(F)c(F)c(F)c2F)COC(=O)c2c(F)c(F)c(N=[N+]=[N-])c(F)c2F)c(F)c1F. The van der Waals surface area contributed by atoms with Crippen molar-refractivity contribution in [3.8, 4) is 0 Å². The smallest absolute Gasteiger partial charge is 0.344 e. The molecule has 0 saturated carbocycles. The van der Waals surface area contributed by atoms with Crippen LogP contribution in [0.1, 0.15) is 62.1 Å². The van der Waals surface area contributed by atoms with E-state index < -0.39 is 307 Å². The van der Waals surface area contributed by atoms with Crippen molar-refractivity contribution in [2.45, 2.75) is 0 Å². The van der Waals surface area contributed by atoms with E-state index in [1.54, 1.807) is 0 Å². The third-order valence-electron chi connectivity index (χ3n) is 13.2. The van der Waals surface area contributed by atoms with Crippen molar-refractivity contribution in [1.29, 1.82) is 0 Å². The van der Waals surface area contributed by atoms with E-state index in [0.29, 0.717) is 0 Å². The van der Waals surface area contributed by atoms with E-state index in [4.69, 9.17) is 32.4 Å². The normalized spacial score (nSPS) is 12.0. The monoisotopic (exact) mass is 1530 g/mol. The Morgan fingerprint density at radius 3 is 0.476 bits per heavy atom. The number of carbonyl (C=O) groups excluding carboxylic acids is 6. The van der Waals surface area contributed by atoms with E-state index in [-0.39, 0.29) is 0 Å². The maximum Gasteiger partial charge on any atom is 0.344 e. The number of carbonyl (C=O) groups is 6. The highest BCUT2D eigenvalue weighted by Crippen LogP contribution is 2.39. The quantitative estimate of drug-likeness (QED) is 0.00677. The van der Waals surface area contributed by atoms with Crippen LogP contribution in [0.25, 0.3) is 52.2 Å². The molecule has 0 saturated heterocycles. The minimum Gasteiger partial charge on any atom is -0.461 e. The fourth-order valence-electron chi connectivity index (χ4n) is 8.17. The van der Waals surface area contributed by atoms with Gasteiger partial charge in [-0.05, 0) is 27.7 Å². The first kappa shape index (κ1) is 80.9. The number of hydrogen-bond donors (Lipinski definition) is 0. The molecule has 0 aromatic heterocycles. The fourth-order valence-corrected chi connectivity index (χ4v) is 8.17. The van der Waals surface area contributed by atoms with Gasteiger partial charge < -0.3 is 33.2 Å². The average Bonchev–Trinajstić information content (AvgIpc) is 0.813. The molecule has 0 fully saturated rings. The molecule has 0 aliphatic heterocycles. The molecular formula is C52H16F25N15O13. The van der Waals surface area contributed by atoms with Crippen LogP contribution in [0.5, 0.6) is 0 Å². The van der Waals surface area contributed by atoms with E-state index in [9.17, 15) is 41.9 Å². The number of nitrogens with zero attached hydrogens (tertiary/aromatic N) is 15. The molecule has 0 N–H and O–H groups in total. The van der Waals surface area contributed by atoms with Gasteiger partial charge in [0.2, 0.25) is 5.82 Å². The second-order valence-corrected chi connectivity index (χ2v) is 19.7. The summed E-state index contributed by atoms with van der Waals surface area (Å²) in [7, 11) is 0. The Morgan fingerprint density at radius 2 is 0.343 bits per heavy atom. The minimum absolute atomic E-state index is 1.84. The molecular weight excluding hydrogens is 1520 g/mol. The van der Waals surface area contributed by atoms with E-state index in [2.05, 4.69) is 54.0 Å². The summed E-state index contributed by atoms with van der Waals surface area (Å²) in [5, 5.41) is 11.4. The predicted molar refractivity (Wildman–Crippen MR) is 279 cm³/mol. The summed E-state index contributed by atoms with van der Waals surface area (Å²) >= 11 is 0. The van der Waals surface area contributed by atoms with Crippen molar-refractivity contribution in [3.05, 3.63) is 231 Å². The lowest BCUT2D eigenvalue weighted by atomic mass is 9.90. The molecule has 0 aliphatic rings. The van der Waals surface area contributed by atoms with Gasteiger partial charge in [-0.3, -0.25) is 0 Å². The third kappa shape index (κ3) is 15.7. The maximum absolute atomic E-state index is 15.5. The van der Waals surface area contributed by atoms with Crippen molar-refractivity contribution < 1.29 is 172 Å². The fraction of sp³-hybridized carbons (Fsp3) is 0.192. The number of rotatable bonds is 27. The second kappa shape index (κ2) is 32.7. The topological polar surface area (TPSA) is 411 Å². The molecule has 6 aromatic carbocycles. The Balaban J connectivity index is 1.67. The molecule has 552 valence electrons. The zero-order valence-electron chi connectivity index (χ0n) is 49.1. The molecule has 53 heteroatoms. The van der Waals surface area contributed by atoms with Gasteiger partial charge in [0.25, 0.3) is 0 Å². The lowest BCUT2D eigenvalue weighted by Gasteiger charge is -2.35. The summed E-state index contributed by atoms with van der Waals surface area (Å²) < 4.78 is 412. The van der Waals surface area contributed by atoms with Crippen LogP contribution in [0.2, 0.25) is 0 Å². The van der Waals surface area contributed by atoms with Crippen LogP contribution in [0.4, 0.5) is 138 Å². The molecule has 0 unspecified atom stereocenters. The van der Waals surface area contributed by atoms with Gasteiger partial charge in [-0.15, -0.1) is 0 Å². The van der Waals surface area contributed by atoms with Gasteiger partial charge in [0.1, 0.15) is 101 Å². The highest BCUT2D eigenvalue weighted by molar-refractivity contribution is 5.94. The van der Waals surface area contributed by atoms with Crippen molar-refractivity contribution >= 4 is 64.3 Å². The Kier molecular flexibility index (Phi) is 25.2. The molecule has 0 atom stereocenters. The van der Waals surface area contributed by atoms with E-state index >= 15 is 96.6 Å². The summed E-state index contributed by atoms with van der Waals surface area (Å²) in [6.45, 7) is -19.9. The number of hydrogen-bond acceptors (Lipinski definition) is 18. The zero-order chi connectivity index (χ0) is 78.9. The summed E-state index contributed by atoms with van der Waals surface area (Å²) in [4.78, 5) is 90.7. The van der Waals surface area contributed by atoms with Gasteiger partial charge in [-0.2, -0.15) is 0 Å². The van der Waals surface area contributed by atoms with Gasteiger partial charge in [0, 0.05) is 24.6 Å². The zero-order valence-corrected chi connectivity index (χ0v) is 49.1.